The van der Waals surface area contributed by atoms with Crippen LogP contribution in [0.4, 0.5) is 0 Å². The molecule has 5 heteroatoms. The monoisotopic (exact) mass is 265 g/mol. The van der Waals surface area contributed by atoms with Crippen LogP contribution in [-0.4, -0.2) is 24.3 Å². The smallest absolute Gasteiger partial charge is 0.122 e. The first-order valence-corrected chi connectivity index (χ1v) is 6.40. The van der Waals surface area contributed by atoms with E-state index in [9.17, 15) is 0 Å². The molecule has 2 aromatic rings. The summed E-state index contributed by atoms with van der Waals surface area (Å²) in [5.41, 5.74) is 1.73. The minimum atomic E-state index is -0.0221. The highest BCUT2D eigenvalue weighted by atomic mass is 32.1. The molecule has 0 aliphatic heterocycles. The van der Waals surface area contributed by atoms with Gasteiger partial charge in [0.2, 0.25) is 0 Å². The number of hydrogen-bond donors (Lipinski definition) is 1. The van der Waals surface area contributed by atoms with E-state index in [0.717, 1.165) is 22.1 Å². The summed E-state index contributed by atoms with van der Waals surface area (Å²) >= 11 is 1.53. The Labute approximate surface area is 110 Å². The van der Waals surface area contributed by atoms with Gasteiger partial charge in [-0.15, -0.1) is 11.3 Å². The van der Waals surface area contributed by atoms with Crippen molar-refractivity contribution in [3.8, 4) is 11.5 Å². The number of aromatic nitrogens is 1. The number of aliphatic hydroxyl groups excluding tert-OH is 1. The molecule has 0 saturated carbocycles. The van der Waals surface area contributed by atoms with Crippen LogP contribution < -0.4 is 9.47 Å². The van der Waals surface area contributed by atoms with E-state index in [1.807, 2.05) is 23.6 Å². The zero-order chi connectivity index (χ0) is 13.0. The molecule has 0 atom stereocenters. The Morgan fingerprint density at radius 3 is 2.72 bits per heavy atom. The van der Waals surface area contributed by atoms with Crippen molar-refractivity contribution >= 4 is 11.3 Å². The second kappa shape index (κ2) is 5.84. The molecule has 2 rings (SSSR count). The lowest BCUT2D eigenvalue weighted by molar-refractivity contribution is 0.277. The van der Waals surface area contributed by atoms with Crippen LogP contribution >= 0.6 is 11.3 Å². The van der Waals surface area contributed by atoms with Gasteiger partial charge >= 0.3 is 0 Å². The number of rotatable bonds is 5. The SMILES string of the molecule is COc1ccc(OC)c(Cc2nc(CO)cs2)c1. The molecule has 0 aliphatic rings. The van der Waals surface area contributed by atoms with Gasteiger partial charge in [0.1, 0.15) is 11.5 Å². The van der Waals surface area contributed by atoms with Crippen molar-refractivity contribution in [2.75, 3.05) is 14.2 Å². The Hall–Kier alpha value is -1.59. The molecule has 1 aromatic heterocycles. The van der Waals surface area contributed by atoms with Gasteiger partial charge in [-0.25, -0.2) is 4.98 Å². The van der Waals surface area contributed by atoms with Gasteiger partial charge < -0.3 is 14.6 Å². The first-order valence-electron chi connectivity index (χ1n) is 5.52. The quantitative estimate of drug-likeness (QED) is 0.901. The molecule has 0 amide bonds. The van der Waals surface area contributed by atoms with Gasteiger partial charge in [-0.3, -0.25) is 0 Å². The normalized spacial score (nSPS) is 10.4. The lowest BCUT2D eigenvalue weighted by Crippen LogP contribution is -1.95. The predicted octanol–water partition coefficient (Wildman–Crippen LogP) is 2.24. The Bertz CT molecular complexity index is 525. The maximum absolute atomic E-state index is 9.00. The molecule has 0 radical (unpaired) electrons. The summed E-state index contributed by atoms with van der Waals surface area (Å²) in [4.78, 5) is 4.33. The largest absolute Gasteiger partial charge is 0.497 e. The highest BCUT2D eigenvalue weighted by molar-refractivity contribution is 7.09. The number of aliphatic hydroxyl groups is 1. The van der Waals surface area contributed by atoms with Crippen LogP contribution in [0.1, 0.15) is 16.3 Å². The zero-order valence-corrected chi connectivity index (χ0v) is 11.2. The van der Waals surface area contributed by atoms with Crippen LogP contribution in [0.3, 0.4) is 0 Å². The second-order valence-electron chi connectivity index (χ2n) is 3.75. The lowest BCUT2D eigenvalue weighted by atomic mass is 10.1. The van der Waals surface area contributed by atoms with E-state index in [1.165, 1.54) is 11.3 Å². The Kier molecular flexibility index (Phi) is 4.17. The molecule has 0 aliphatic carbocycles. The topological polar surface area (TPSA) is 51.6 Å². The van der Waals surface area contributed by atoms with Gasteiger partial charge in [0.05, 0.1) is 31.5 Å². The molecular formula is C13H15NO3S. The Balaban J connectivity index is 2.25. The first-order chi connectivity index (χ1) is 8.76. The zero-order valence-electron chi connectivity index (χ0n) is 10.3. The number of nitrogens with zero attached hydrogens (tertiary/aromatic N) is 1. The van der Waals surface area contributed by atoms with E-state index in [0.29, 0.717) is 12.1 Å². The van der Waals surface area contributed by atoms with Crippen molar-refractivity contribution in [2.45, 2.75) is 13.0 Å². The van der Waals surface area contributed by atoms with Gasteiger partial charge in [0, 0.05) is 17.4 Å². The molecule has 0 fully saturated rings. The molecule has 0 spiro atoms. The van der Waals surface area contributed by atoms with E-state index >= 15 is 0 Å². The van der Waals surface area contributed by atoms with E-state index in [4.69, 9.17) is 14.6 Å². The third-order valence-corrected chi connectivity index (χ3v) is 3.49. The van der Waals surface area contributed by atoms with Crippen molar-refractivity contribution in [1.29, 1.82) is 0 Å². The van der Waals surface area contributed by atoms with Crippen molar-refractivity contribution in [1.82, 2.24) is 4.98 Å². The number of benzene rings is 1. The van der Waals surface area contributed by atoms with E-state index in [1.54, 1.807) is 14.2 Å². The molecule has 96 valence electrons. The fourth-order valence-corrected chi connectivity index (χ4v) is 2.49. The fourth-order valence-electron chi connectivity index (χ4n) is 1.69. The van der Waals surface area contributed by atoms with Crippen LogP contribution in [0.15, 0.2) is 23.6 Å². The van der Waals surface area contributed by atoms with Gasteiger partial charge in [0.15, 0.2) is 0 Å². The Morgan fingerprint density at radius 1 is 1.28 bits per heavy atom. The highest BCUT2D eigenvalue weighted by Crippen LogP contribution is 2.27. The third kappa shape index (κ3) is 2.80. The van der Waals surface area contributed by atoms with E-state index in [-0.39, 0.29) is 6.61 Å². The summed E-state index contributed by atoms with van der Waals surface area (Å²) in [7, 11) is 3.28. The first kappa shape index (κ1) is 12.9. The lowest BCUT2D eigenvalue weighted by Gasteiger charge is -2.09. The predicted molar refractivity (Wildman–Crippen MR) is 70.4 cm³/mol. The maximum atomic E-state index is 9.00. The fraction of sp³-hybridized carbons (Fsp3) is 0.308. The van der Waals surface area contributed by atoms with Crippen molar-refractivity contribution in [3.05, 3.63) is 39.8 Å². The molecule has 1 aromatic carbocycles. The molecule has 1 heterocycles. The third-order valence-electron chi connectivity index (χ3n) is 2.59. The summed E-state index contributed by atoms with van der Waals surface area (Å²) in [5, 5.41) is 11.8. The van der Waals surface area contributed by atoms with E-state index in [2.05, 4.69) is 4.98 Å². The molecule has 18 heavy (non-hydrogen) atoms. The van der Waals surface area contributed by atoms with Gasteiger partial charge in [-0.2, -0.15) is 0 Å². The molecule has 1 N–H and O–H groups in total. The molecule has 0 bridgehead atoms. The summed E-state index contributed by atoms with van der Waals surface area (Å²) in [6, 6.07) is 5.69. The van der Waals surface area contributed by atoms with Crippen molar-refractivity contribution in [2.24, 2.45) is 0 Å². The molecule has 0 saturated heterocycles. The van der Waals surface area contributed by atoms with Crippen LogP contribution in [0.5, 0.6) is 11.5 Å². The van der Waals surface area contributed by atoms with Crippen LogP contribution in [0.2, 0.25) is 0 Å². The summed E-state index contributed by atoms with van der Waals surface area (Å²) < 4.78 is 10.5. The summed E-state index contributed by atoms with van der Waals surface area (Å²) in [6.45, 7) is -0.0221. The molecule has 4 nitrogen and oxygen atoms in total. The molecular weight excluding hydrogens is 250 g/mol. The van der Waals surface area contributed by atoms with Crippen LogP contribution in [-0.2, 0) is 13.0 Å². The number of methoxy groups -OCH3 is 2. The minimum absolute atomic E-state index is 0.0221. The number of hydrogen-bond acceptors (Lipinski definition) is 5. The average molecular weight is 265 g/mol. The van der Waals surface area contributed by atoms with Gasteiger partial charge in [-0.1, -0.05) is 0 Å². The summed E-state index contributed by atoms with van der Waals surface area (Å²) in [5.74, 6) is 1.61. The minimum Gasteiger partial charge on any atom is -0.497 e. The second-order valence-corrected chi connectivity index (χ2v) is 4.69. The maximum Gasteiger partial charge on any atom is 0.122 e. The number of thiazole rings is 1. The van der Waals surface area contributed by atoms with Gasteiger partial charge in [-0.05, 0) is 18.2 Å². The van der Waals surface area contributed by atoms with Crippen molar-refractivity contribution in [3.63, 3.8) is 0 Å². The number of ether oxygens (including phenoxy) is 2. The Morgan fingerprint density at radius 2 is 2.11 bits per heavy atom. The van der Waals surface area contributed by atoms with Crippen LogP contribution in [0, 0.1) is 0 Å². The molecule has 0 unspecified atom stereocenters. The van der Waals surface area contributed by atoms with Crippen LogP contribution in [0.25, 0.3) is 0 Å². The summed E-state index contributed by atoms with van der Waals surface area (Å²) in [6.07, 6.45) is 0.672. The standard InChI is InChI=1S/C13H15NO3S/c1-16-11-3-4-12(17-2)9(5-11)6-13-14-10(7-15)8-18-13/h3-5,8,15H,6-7H2,1-2H3. The van der Waals surface area contributed by atoms with Gasteiger partial charge in [0.25, 0.3) is 0 Å². The highest BCUT2D eigenvalue weighted by Gasteiger charge is 2.09. The average Bonchev–Trinajstić information content (AvgIpc) is 2.86. The van der Waals surface area contributed by atoms with Crippen molar-refractivity contribution < 1.29 is 14.6 Å². The van der Waals surface area contributed by atoms with E-state index < -0.39 is 0 Å².